The molecule has 4 rings (SSSR count). The first-order valence-electron chi connectivity index (χ1n) is 11.8. The molecule has 0 aliphatic carbocycles. The van der Waals surface area contributed by atoms with Gasteiger partial charge >= 0.3 is 0 Å². The van der Waals surface area contributed by atoms with Gasteiger partial charge in [0.2, 0.25) is 0 Å². The predicted octanol–water partition coefficient (Wildman–Crippen LogP) is 6.91. The first kappa shape index (κ1) is 26.0. The maximum Gasteiger partial charge on any atom is 0.271 e. The van der Waals surface area contributed by atoms with E-state index in [1.54, 1.807) is 30.5 Å². The van der Waals surface area contributed by atoms with Crippen molar-refractivity contribution in [2.24, 2.45) is 5.10 Å². The number of halogens is 1. The minimum atomic E-state index is -0.374. The molecule has 0 fully saturated rings. The van der Waals surface area contributed by atoms with Gasteiger partial charge in [-0.25, -0.2) is 5.43 Å². The Morgan fingerprint density at radius 2 is 1.76 bits per heavy atom. The Morgan fingerprint density at radius 3 is 2.59 bits per heavy atom. The highest BCUT2D eigenvalue weighted by Crippen LogP contribution is 2.29. The Labute approximate surface area is 224 Å². The number of nitrogens with one attached hydrogen (secondary N) is 1. The van der Waals surface area contributed by atoms with Crippen LogP contribution < -0.4 is 19.6 Å². The number of fused-ring (bicyclic) bond motifs is 1. The summed E-state index contributed by atoms with van der Waals surface area (Å²) in [6.07, 6.45) is 3.21. The van der Waals surface area contributed by atoms with E-state index in [4.69, 9.17) is 14.2 Å². The second kappa shape index (κ2) is 12.7. The number of ether oxygens (including phenoxy) is 3. The van der Waals surface area contributed by atoms with Gasteiger partial charge in [-0.15, -0.1) is 0 Å². The van der Waals surface area contributed by atoms with Crippen LogP contribution in [0, 0.1) is 0 Å². The van der Waals surface area contributed by atoms with Gasteiger partial charge in [0, 0.05) is 15.6 Å². The molecule has 0 saturated carbocycles. The minimum absolute atomic E-state index is 0.341. The monoisotopic (exact) mass is 558 g/mol. The molecular weight excluding hydrogens is 532 g/mol. The number of hydrazone groups is 1. The SMILES string of the molecule is C=CCOc1ccc(C(=O)N/N=C/c2cc(Br)ccc2OCc2cccc3ccccc23)cc1OCC. The van der Waals surface area contributed by atoms with Crippen molar-refractivity contribution in [1.82, 2.24) is 5.43 Å². The van der Waals surface area contributed by atoms with Crippen LogP contribution in [-0.2, 0) is 6.61 Å². The van der Waals surface area contributed by atoms with E-state index in [2.05, 4.69) is 57.3 Å². The summed E-state index contributed by atoms with van der Waals surface area (Å²) >= 11 is 3.49. The zero-order valence-electron chi connectivity index (χ0n) is 20.4. The van der Waals surface area contributed by atoms with Crippen LogP contribution in [0.3, 0.4) is 0 Å². The number of hydrogen-bond donors (Lipinski definition) is 1. The molecule has 1 N–H and O–H groups in total. The number of rotatable bonds is 11. The predicted molar refractivity (Wildman–Crippen MR) is 151 cm³/mol. The van der Waals surface area contributed by atoms with Crippen LogP contribution in [-0.4, -0.2) is 25.3 Å². The summed E-state index contributed by atoms with van der Waals surface area (Å²) in [4.78, 5) is 12.7. The lowest BCUT2D eigenvalue weighted by atomic mass is 10.1. The highest BCUT2D eigenvalue weighted by Gasteiger charge is 2.12. The molecule has 0 aliphatic rings. The van der Waals surface area contributed by atoms with Crippen LogP contribution in [0.2, 0.25) is 0 Å². The number of amides is 1. The molecule has 0 saturated heterocycles. The lowest BCUT2D eigenvalue weighted by molar-refractivity contribution is 0.0954. The molecule has 0 bridgehead atoms. The average Bonchev–Trinajstić information content (AvgIpc) is 2.92. The topological polar surface area (TPSA) is 69.2 Å². The van der Waals surface area contributed by atoms with Crippen LogP contribution in [0.1, 0.15) is 28.4 Å². The summed E-state index contributed by atoms with van der Waals surface area (Å²) in [5.74, 6) is 1.30. The summed E-state index contributed by atoms with van der Waals surface area (Å²) in [6, 6.07) is 25.0. The van der Waals surface area contributed by atoms with Crippen molar-refractivity contribution in [3.63, 3.8) is 0 Å². The Morgan fingerprint density at radius 1 is 0.946 bits per heavy atom. The van der Waals surface area contributed by atoms with Gasteiger partial charge in [0.05, 0.1) is 12.8 Å². The van der Waals surface area contributed by atoms with E-state index in [0.717, 1.165) is 26.4 Å². The van der Waals surface area contributed by atoms with Gasteiger partial charge in [-0.1, -0.05) is 71.0 Å². The highest BCUT2D eigenvalue weighted by atomic mass is 79.9. The lowest BCUT2D eigenvalue weighted by Gasteiger charge is -2.12. The second-order valence-electron chi connectivity index (χ2n) is 8.00. The summed E-state index contributed by atoms with van der Waals surface area (Å²) in [7, 11) is 0. The van der Waals surface area contributed by atoms with E-state index >= 15 is 0 Å². The number of carbonyl (C=O) groups excluding carboxylic acids is 1. The maximum atomic E-state index is 12.7. The van der Waals surface area contributed by atoms with Crippen LogP contribution in [0.5, 0.6) is 17.2 Å². The number of hydrogen-bond acceptors (Lipinski definition) is 5. The molecule has 0 atom stereocenters. The standard InChI is InChI=1S/C30H27BrN2O4/c1-3-16-36-28-14-12-22(18-29(28)35-4-2)30(34)33-32-19-24-17-25(31)13-15-27(24)37-20-23-10-7-9-21-8-5-6-11-26(21)23/h3,5-15,17-19H,1,4,16,20H2,2H3,(H,33,34)/b32-19+. The molecule has 37 heavy (non-hydrogen) atoms. The normalized spacial score (nSPS) is 10.9. The Kier molecular flexibility index (Phi) is 8.94. The third-order valence-corrected chi connectivity index (χ3v) is 5.96. The lowest BCUT2D eigenvalue weighted by Crippen LogP contribution is -2.18. The molecule has 0 spiro atoms. The van der Waals surface area contributed by atoms with E-state index < -0.39 is 0 Å². The molecule has 0 unspecified atom stereocenters. The quantitative estimate of drug-likeness (QED) is 0.123. The fraction of sp³-hybridized carbons (Fsp3) is 0.133. The Bertz CT molecular complexity index is 1430. The van der Waals surface area contributed by atoms with Crippen LogP contribution in [0.15, 0.2) is 101 Å². The van der Waals surface area contributed by atoms with Crippen molar-refractivity contribution in [2.45, 2.75) is 13.5 Å². The summed E-state index contributed by atoms with van der Waals surface area (Å²) in [6.45, 7) is 6.70. The van der Waals surface area contributed by atoms with E-state index in [-0.39, 0.29) is 5.91 Å². The maximum absolute atomic E-state index is 12.7. The van der Waals surface area contributed by atoms with Gasteiger partial charge in [0.15, 0.2) is 11.5 Å². The number of carbonyl (C=O) groups is 1. The van der Waals surface area contributed by atoms with Gasteiger partial charge in [-0.3, -0.25) is 4.79 Å². The van der Waals surface area contributed by atoms with E-state index in [1.165, 1.54) is 0 Å². The zero-order valence-corrected chi connectivity index (χ0v) is 22.0. The average molecular weight is 559 g/mol. The molecule has 0 radical (unpaired) electrons. The third-order valence-electron chi connectivity index (χ3n) is 5.47. The molecule has 0 heterocycles. The van der Waals surface area contributed by atoms with Gasteiger partial charge in [-0.2, -0.15) is 5.10 Å². The van der Waals surface area contributed by atoms with Crippen molar-refractivity contribution in [3.05, 3.63) is 113 Å². The molecular formula is C30H27BrN2O4. The van der Waals surface area contributed by atoms with Gasteiger partial charge in [0.1, 0.15) is 19.0 Å². The van der Waals surface area contributed by atoms with Crippen molar-refractivity contribution < 1.29 is 19.0 Å². The number of benzene rings is 4. The third kappa shape index (κ3) is 6.77. The smallest absolute Gasteiger partial charge is 0.271 e. The van der Waals surface area contributed by atoms with Crippen molar-refractivity contribution >= 4 is 38.8 Å². The highest BCUT2D eigenvalue weighted by molar-refractivity contribution is 9.10. The van der Waals surface area contributed by atoms with Gasteiger partial charge < -0.3 is 14.2 Å². The van der Waals surface area contributed by atoms with Crippen LogP contribution in [0.4, 0.5) is 0 Å². The molecule has 4 aromatic carbocycles. The van der Waals surface area contributed by atoms with Gasteiger partial charge in [-0.05, 0) is 59.7 Å². The zero-order chi connectivity index (χ0) is 26.0. The van der Waals surface area contributed by atoms with E-state index in [0.29, 0.717) is 42.6 Å². The first-order valence-corrected chi connectivity index (χ1v) is 12.6. The second-order valence-corrected chi connectivity index (χ2v) is 8.92. The molecule has 4 aromatic rings. The fourth-order valence-corrected chi connectivity index (χ4v) is 4.11. The fourth-order valence-electron chi connectivity index (χ4n) is 3.74. The number of nitrogens with zero attached hydrogens (tertiary/aromatic N) is 1. The van der Waals surface area contributed by atoms with Crippen molar-refractivity contribution in [1.29, 1.82) is 0 Å². The molecule has 7 heteroatoms. The van der Waals surface area contributed by atoms with Crippen molar-refractivity contribution in [3.8, 4) is 17.2 Å². The molecule has 0 aromatic heterocycles. The van der Waals surface area contributed by atoms with Crippen LogP contribution in [0.25, 0.3) is 10.8 Å². The molecule has 1 amide bonds. The summed E-state index contributed by atoms with van der Waals surface area (Å²) < 4.78 is 18.2. The Balaban J connectivity index is 1.46. The Hall–Kier alpha value is -4.10. The summed E-state index contributed by atoms with van der Waals surface area (Å²) in [5, 5.41) is 6.48. The van der Waals surface area contributed by atoms with E-state index in [9.17, 15) is 4.79 Å². The molecule has 6 nitrogen and oxygen atoms in total. The van der Waals surface area contributed by atoms with Crippen molar-refractivity contribution in [2.75, 3.05) is 13.2 Å². The largest absolute Gasteiger partial charge is 0.490 e. The summed E-state index contributed by atoms with van der Waals surface area (Å²) in [5.41, 5.74) is 4.77. The first-order chi connectivity index (χ1) is 18.1. The van der Waals surface area contributed by atoms with Gasteiger partial charge in [0.25, 0.3) is 5.91 Å². The molecule has 188 valence electrons. The van der Waals surface area contributed by atoms with Crippen LogP contribution >= 0.6 is 15.9 Å². The van der Waals surface area contributed by atoms with E-state index in [1.807, 2.05) is 43.3 Å². The molecule has 0 aliphatic heterocycles. The minimum Gasteiger partial charge on any atom is -0.490 e.